The van der Waals surface area contributed by atoms with Crippen molar-refractivity contribution in [2.45, 2.75) is 76.0 Å². The summed E-state index contributed by atoms with van der Waals surface area (Å²) in [4.78, 5) is 19.0. The number of amides is 1. The molecule has 3 saturated heterocycles. The lowest BCUT2D eigenvalue weighted by Crippen LogP contribution is -2.57. The lowest BCUT2D eigenvalue weighted by molar-refractivity contribution is -0.124. The van der Waals surface area contributed by atoms with Crippen molar-refractivity contribution in [2.24, 2.45) is 11.8 Å². The van der Waals surface area contributed by atoms with E-state index in [-0.39, 0.29) is 41.5 Å². The van der Waals surface area contributed by atoms with Crippen molar-refractivity contribution in [3.8, 4) is 5.88 Å². The molecule has 0 aromatic carbocycles. The molecule has 1 aromatic rings. The van der Waals surface area contributed by atoms with Crippen LogP contribution in [0.5, 0.6) is 5.88 Å². The Morgan fingerprint density at radius 3 is 2.66 bits per heavy atom. The third-order valence-corrected chi connectivity index (χ3v) is 8.24. The standard InChI is InChI=1S/C27H38N2O6/c1-17(2)6-8-21-26(3,35-21)24-23(32-5)20(10-11-27(24)16-33-27)34-25(30)29-14-19(15-29)12-18-7-9-22(31-4)28-13-18/h6-7,9,13,19-21,23-24H,8,10-12,14-16H2,1-5H3/t20-,21-,23-,24-,26+,27+/m1/s1. The summed E-state index contributed by atoms with van der Waals surface area (Å²) in [6, 6.07) is 3.90. The molecule has 6 atom stereocenters. The highest BCUT2D eigenvalue weighted by atomic mass is 16.6. The molecular formula is C27H38N2O6. The molecule has 35 heavy (non-hydrogen) atoms. The topological polar surface area (TPSA) is 86.0 Å². The van der Waals surface area contributed by atoms with E-state index >= 15 is 0 Å². The minimum absolute atomic E-state index is 0.0359. The molecule has 4 heterocycles. The fraction of sp³-hybridized carbons (Fsp3) is 0.704. The maximum Gasteiger partial charge on any atom is 0.410 e. The van der Waals surface area contributed by atoms with Gasteiger partial charge in [0.25, 0.3) is 0 Å². The number of allylic oxidation sites excluding steroid dienone is 1. The Morgan fingerprint density at radius 2 is 2.06 bits per heavy atom. The Morgan fingerprint density at radius 1 is 1.29 bits per heavy atom. The van der Waals surface area contributed by atoms with Crippen molar-refractivity contribution >= 4 is 6.09 Å². The minimum atomic E-state index is -0.331. The van der Waals surface area contributed by atoms with E-state index in [1.54, 1.807) is 19.1 Å². The molecule has 192 valence electrons. The van der Waals surface area contributed by atoms with Crippen molar-refractivity contribution in [3.63, 3.8) is 0 Å². The maximum absolute atomic E-state index is 13.0. The fourth-order valence-electron chi connectivity index (χ4n) is 6.11. The van der Waals surface area contributed by atoms with E-state index < -0.39 is 0 Å². The number of likely N-dealkylation sites (tertiary alicyclic amines) is 1. The average molecular weight is 487 g/mol. The van der Waals surface area contributed by atoms with Crippen molar-refractivity contribution in [3.05, 3.63) is 35.5 Å². The van der Waals surface area contributed by atoms with Gasteiger partial charge in [0.05, 0.1) is 25.7 Å². The molecule has 4 fully saturated rings. The Kier molecular flexibility index (Phi) is 6.57. The molecule has 0 unspecified atom stereocenters. The van der Waals surface area contributed by atoms with Gasteiger partial charge in [-0.1, -0.05) is 17.7 Å². The molecule has 1 spiro atoms. The van der Waals surface area contributed by atoms with Crippen LogP contribution in [-0.2, 0) is 25.4 Å². The van der Waals surface area contributed by atoms with E-state index in [0.29, 0.717) is 24.9 Å². The van der Waals surface area contributed by atoms with Crippen molar-refractivity contribution in [2.75, 3.05) is 33.9 Å². The summed E-state index contributed by atoms with van der Waals surface area (Å²) < 4.78 is 29.4. The number of carbonyl (C=O) groups is 1. The second-order valence-electron chi connectivity index (χ2n) is 11.0. The first-order valence-electron chi connectivity index (χ1n) is 12.7. The second-order valence-corrected chi connectivity index (χ2v) is 11.0. The van der Waals surface area contributed by atoms with Crippen LogP contribution in [0.25, 0.3) is 0 Å². The Hall–Kier alpha value is -2.16. The smallest absolute Gasteiger partial charge is 0.410 e. The number of ether oxygens (including phenoxy) is 5. The number of epoxide rings is 2. The molecule has 4 aliphatic rings. The van der Waals surface area contributed by atoms with Crippen LogP contribution < -0.4 is 4.74 Å². The number of nitrogens with zero attached hydrogens (tertiary/aromatic N) is 2. The quantitative estimate of drug-likeness (QED) is 0.408. The number of rotatable bonds is 8. The summed E-state index contributed by atoms with van der Waals surface area (Å²) in [5, 5.41) is 0. The predicted molar refractivity (Wildman–Crippen MR) is 129 cm³/mol. The predicted octanol–water partition coefficient (Wildman–Crippen LogP) is 3.78. The van der Waals surface area contributed by atoms with Crippen LogP contribution in [0.15, 0.2) is 30.0 Å². The number of carbonyl (C=O) groups excluding carboxylic acids is 1. The molecule has 5 rings (SSSR count). The number of aromatic nitrogens is 1. The third-order valence-electron chi connectivity index (χ3n) is 8.24. The zero-order valence-electron chi connectivity index (χ0n) is 21.5. The van der Waals surface area contributed by atoms with Crippen LogP contribution in [0.3, 0.4) is 0 Å². The Balaban J connectivity index is 1.17. The highest BCUT2D eigenvalue weighted by Gasteiger charge is 2.72. The molecule has 0 bridgehead atoms. The summed E-state index contributed by atoms with van der Waals surface area (Å²) in [6.45, 7) is 8.48. The second kappa shape index (κ2) is 9.37. The molecule has 0 N–H and O–H groups in total. The van der Waals surface area contributed by atoms with Crippen LogP contribution >= 0.6 is 0 Å². The van der Waals surface area contributed by atoms with Gasteiger partial charge in [-0.3, -0.25) is 0 Å². The molecular weight excluding hydrogens is 448 g/mol. The highest BCUT2D eigenvalue weighted by Crippen LogP contribution is 2.59. The van der Waals surface area contributed by atoms with Gasteiger partial charge >= 0.3 is 6.09 Å². The third kappa shape index (κ3) is 4.80. The van der Waals surface area contributed by atoms with Gasteiger partial charge in [-0.2, -0.15) is 0 Å². The van der Waals surface area contributed by atoms with Crippen LogP contribution in [0.4, 0.5) is 4.79 Å². The van der Waals surface area contributed by atoms with E-state index in [1.165, 1.54) is 5.57 Å². The number of pyridine rings is 1. The molecule has 8 nitrogen and oxygen atoms in total. The molecule has 0 radical (unpaired) electrons. The van der Waals surface area contributed by atoms with E-state index in [4.69, 9.17) is 23.7 Å². The number of hydrogen-bond donors (Lipinski definition) is 0. The van der Waals surface area contributed by atoms with Gasteiger partial charge in [0.2, 0.25) is 5.88 Å². The number of methoxy groups -OCH3 is 2. The zero-order valence-corrected chi connectivity index (χ0v) is 21.5. The molecule has 1 saturated carbocycles. The first-order valence-corrected chi connectivity index (χ1v) is 12.7. The van der Waals surface area contributed by atoms with Crippen LogP contribution in [0, 0.1) is 11.8 Å². The molecule has 1 amide bonds. The number of hydrogen-bond acceptors (Lipinski definition) is 7. The molecule has 1 aliphatic carbocycles. The van der Waals surface area contributed by atoms with Gasteiger partial charge in [-0.15, -0.1) is 0 Å². The van der Waals surface area contributed by atoms with Crippen LogP contribution in [0.1, 0.15) is 45.6 Å². The average Bonchev–Trinajstić information content (AvgIpc) is 3.73. The monoisotopic (exact) mass is 486 g/mol. The van der Waals surface area contributed by atoms with Crippen LogP contribution in [0.2, 0.25) is 0 Å². The SMILES string of the molecule is COc1ccc(CC2CN(C(=O)O[C@@H]3CC[C@]4(CO4)[C@@H]([C@@]4(C)O[C@@H]4CC=C(C)C)[C@@H]3OC)C2)cn1. The van der Waals surface area contributed by atoms with Crippen molar-refractivity contribution in [1.29, 1.82) is 0 Å². The van der Waals surface area contributed by atoms with Gasteiger partial charge in [0.15, 0.2) is 0 Å². The summed E-state index contributed by atoms with van der Waals surface area (Å²) in [5.74, 6) is 1.06. The Bertz CT molecular complexity index is 951. The largest absolute Gasteiger partial charge is 0.481 e. The van der Waals surface area contributed by atoms with E-state index in [0.717, 1.165) is 37.9 Å². The van der Waals surface area contributed by atoms with Gasteiger partial charge in [-0.05, 0) is 57.9 Å². The maximum atomic E-state index is 13.0. The highest BCUT2D eigenvalue weighted by molar-refractivity contribution is 5.69. The normalized spacial score (nSPS) is 35.9. The van der Waals surface area contributed by atoms with E-state index in [2.05, 4.69) is 31.8 Å². The minimum Gasteiger partial charge on any atom is -0.481 e. The molecule has 3 aliphatic heterocycles. The fourth-order valence-corrected chi connectivity index (χ4v) is 6.11. The summed E-state index contributed by atoms with van der Waals surface area (Å²) >= 11 is 0. The summed E-state index contributed by atoms with van der Waals surface area (Å²) in [5.41, 5.74) is 1.89. The lowest BCUT2D eigenvalue weighted by Gasteiger charge is -2.44. The molecule has 8 heteroatoms. The van der Waals surface area contributed by atoms with E-state index in [1.807, 2.05) is 18.3 Å². The van der Waals surface area contributed by atoms with Gasteiger partial charge in [-0.25, -0.2) is 9.78 Å². The molecule has 1 aromatic heterocycles. The zero-order chi connectivity index (χ0) is 24.8. The summed E-state index contributed by atoms with van der Waals surface area (Å²) in [7, 11) is 3.32. The van der Waals surface area contributed by atoms with Gasteiger partial charge in [0.1, 0.15) is 23.4 Å². The first-order chi connectivity index (χ1) is 16.8. The van der Waals surface area contributed by atoms with Crippen LogP contribution in [-0.4, -0.2) is 79.4 Å². The van der Waals surface area contributed by atoms with Crippen molar-refractivity contribution < 1.29 is 28.5 Å². The first kappa shape index (κ1) is 24.5. The lowest BCUT2D eigenvalue weighted by atomic mass is 9.68. The summed E-state index contributed by atoms with van der Waals surface area (Å²) in [6.07, 6.45) is 6.76. The van der Waals surface area contributed by atoms with Gasteiger partial charge < -0.3 is 28.6 Å². The van der Waals surface area contributed by atoms with Crippen molar-refractivity contribution in [1.82, 2.24) is 9.88 Å². The van der Waals surface area contributed by atoms with Gasteiger partial charge in [0, 0.05) is 32.5 Å². The van der Waals surface area contributed by atoms with E-state index in [9.17, 15) is 4.79 Å². The Labute approximate surface area is 207 Å².